The largest absolute Gasteiger partial charge is 0.489 e. The highest BCUT2D eigenvalue weighted by Crippen LogP contribution is 2.35. The topological polar surface area (TPSA) is 58.9 Å². The first-order chi connectivity index (χ1) is 8.75. The van der Waals surface area contributed by atoms with E-state index in [1.807, 2.05) is 30.3 Å². The summed E-state index contributed by atoms with van der Waals surface area (Å²) in [6.07, 6.45) is 0. The Morgan fingerprint density at radius 3 is 2.56 bits per heavy atom. The van der Waals surface area contributed by atoms with Crippen LogP contribution in [-0.2, 0) is 0 Å². The first-order valence-electron chi connectivity index (χ1n) is 5.61. The summed E-state index contributed by atoms with van der Waals surface area (Å²) in [5, 5.41) is 18.7. The van der Waals surface area contributed by atoms with Crippen molar-refractivity contribution in [2.24, 2.45) is 0 Å². The monoisotopic (exact) mass is 242 g/mol. The van der Waals surface area contributed by atoms with Gasteiger partial charge < -0.3 is 19.5 Å². The molecule has 1 aliphatic rings. The van der Waals surface area contributed by atoms with Crippen LogP contribution in [-0.4, -0.2) is 24.0 Å². The van der Waals surface area contributed by atoms with Crippen molar-refractivity contribution in [1.29, 1.82) is 0 Å². The van der Waals surface area contributed by atoms with Crippen molar-refractivity contribution >= 4 is 12.6 Å². The second kappa shape index (κ2) is 4.36. The lowest BCUT2D eigenvalue weighted by atomic mass is 9.75. The van der Waals surface area contributed by atoms with Crippen LogP contribution in [0.15, 0.2) is 42.5 Å². The molecule has 18 heavy (non-hydrogen) atoms. The lowest BCUT2D eigenvalue weighted by Gasteiger charge is -2.09. The van der Waals surface area contributed by atoms with Gasteiger partial charge in [0.05, 0.1) is 0 Å². The summed E-state index contributed by atoms with van der Waals surface area (Å²) in [6.45, 7) is 0.225. The van der Waals surface area contributed by atoms with Crippen LogP contribution in [0.3, 0.4) is 0 Å². The zero-order valence-electron chi connectivity index (χ0n) is 9.54. The van der Waals surface area contributed by atoms with E-state index in [4.69, 9.17) is 9.47 Å². The van der Waals surface area contributed by atoms with Crippen molar-refractivity contribution in [3.8, 4) is 22.6 Å². The van der Waals surface area contributed by atoms with E-state index in [9.17, 15) is 10.0 Å². The molecular weight excluding hydrogens is 231 g/mol. The summed E-state index contributed by atoms with van der Waals surface area (Å²) >= 11 is 0. The Hall–Kier alpha value is -1.98. The molecule has 0 bridgehead atoms. The predicted octanol–water partition coefficient (Wildman–Crippen LogP) is 0.762. The van der Waals surface area contributed by atoms with Crippen molar-refractivity contribution in [2.75, 3.05) is 6.79 Å². The van der Waals surface area contributed by atoms with Crippen LogP contribution in [0.5, 0.6) is 11.5 Å². The number of rotatable bonds is 2. The molecule has 0 atom stereocenters. The molecule has 2 N–H and O–H groups in total. The Balaban J connectivity index is 2.10. The van der Waals surface area contributed by atoms with Crippen LogP contribution in [0.1, 0.15) is 0 Å². The molecule has 0 spiro atoms. The molecule has 2 aromatic carbocycles. The molecule has 0 radical (unpaired) electrons. The van der Waals surface area contributed by atoms with Gasteiger partial charge in [-0.2, -0.15) is 0 Å². The van der Waals surface area contributed by atoms with E-state index in [-0.39, 0.29) is 6.79 Å². The van der Waals surface area contributed by atoms with Crippen LogP contribution in [0.25, 0.3) is 11.1 Å². The number of hydrogen-bond acceptors (Lipinski definition) is 4. The van der Waals surface area contributed by atoms with E-state index in [0.717, 1.165) is 11.1 Å². The fourth-order valence-electron chi connectivity index (χ4n) is 2.05. The van der Waals surface area contributed by atoms with Gasteiger partial charge in [-0.05, 0) is 28.7 Å². The molecule has 1 heterocycles. The zero-order valence-corrected chi connectivity index (χ0v) is 9.54. The summed E-state index contributed by atoms with van der Waals surface area (Å²) < 4.78 is 10.6. The molecule has 4 nitrogen and oxygen atoms in total. The van der Waals surface area contributed by atoms with Crippen LogP contribution in [0.2, 0.25) is 0 Å². The average Bonchev–Trinajstić information content (AvgIpc) is 2.85. The van der Waals surface area contributed by atoms with Gasteiger partial charge in [-0.15, -0.1) is 0 Å². The summed E-state index contributed by atoms with van der Waals surface area (Å²) in [4.78, 5) is 0. The van der Waals surface area contributed by atoms with Crippen molar-refractivity contribution in [2.45, 2.75) is 0 Å². The van der Waals surface area contributed by atoms with Gasteiger partial charge in [-0.1, -0.05) is 30.3 Å². The minimum Gasteiger partial charge on any atom is -0.454 e. The first-order valence-corrected chi connectivity index (χ1v) is 5.61. The minimum absolute atomic E-state index is 0.225. The maximum Gasteiger partial charge on any atom is 0.489 e. The minimum atomic E-state index is -1.49. The first kappa shape index (κ1) is 11.1. The summed E-state index contributed by atoms with van der Waals surface area (Å²) in [5.74, 6) is 1.38. The smallest absolute Gasteiger partial charge is 0.454 e. The van der Waals surface area contributed by atoms with E-state index in [1.54, 1.807) is 12.1 Å². The molecular formula is C13H11BO4. The molecule has 2 aromatic rings. The molecule has 0 aromatic heterocycles. The van der Waals surface area contributed by atoms with Gasteiger partial charge in [-0.25, -0.2) is 0 Å². The molecule has 0 aliphatic carbocycles. The SMILES string of the molecule is OB(O)c1ccccc1-c1ccc2c(c1)OCO2. The number of fused-ring (bicyclic) bond motifs is 1. The maximum absolute atomic E-state index is 9.36. The lowest BCUT2D eigenvalue weighted by Crippen LogP contribution is -2.31. The summed E-state index contributed by atoms with van der Waals surface area (Å²) in [6, 6.07) is 12.7. The summed E-state index contributed by atoms with van der Waals surface area (Å²) in [5.41, 5.74) is 2.10. The van der Waals surface area contributed by atoms with E-state index in [1.165, 1.54) is 0 Å². The molecule has 0 amide bonds. The zero-order chi connectivity index (χ0) is 12.5. The van der Waals surface area contributed by atoms with E-state index < -0.39 is 7.12 Å². The average molecular weight is 242 g/mol. The van der Waals surface area contributed by atoms with Crippen molar-refractivity contribution in [3.63, 3.8) is 0 Å². The fraction of sp³-hybridized carbons (Fsp3) is 0.0769. The third-order valence-corrected chi connectivity index (χ3v) is 2.92. The standard InChI is InChI=1S/C13H11BO4/c15-14(16)11-4-2-1-3-10(11)9-5-6-12-13(7-9)18-8-17-12/h1-7,15-16H,8H2. The Kier molecular flexibility index (Phi) is 2.70. The number of ether oxygens (including phenoxy) is 2. The maximum atomic E-state index is 9.36. The van der Waals surface area contributed by atoms with Crippen LogP contribution in [0.4, 0.5) is 0 Å². The van der Waals surface area contributed by atoms with Crippen LogP contribution < -0.4 is 14.9 Å². The van der Waals surface area contributed by atoms with Crippen LogP contribution in [0, 0.1) is 0 Å². The fourth-order valence-corrected chi connectivity index (χ4v) is 2.05. The Morgan fingerprint density at radius 1 is 0.944 bits per heavy atom. The van der Waals surface area contributed by atoms with Gasteiger partial charge in [0, 0.05) is 0 Å². The molecule has 3 rings (SSSR count). The van der Waals surface area contributed by atoms with Gasteiger partial charge in [0.25, 0.3) is 0 Å². The van der Waals surface area contributed by atoms with E-state index in [0.29, 0.717) is 17.0 Å². The third kappa shape index (κ3) is 1.83. The normalized spacial score (nSPS) is 12.6. The molecule has 0 fully saturated rings. The van der Waals surface area contributed by atoms with E-state index in [2.05, 4.69) is 0 Å². The quantitative estimate of drug-likeness (QED) is 0.763. The van der Waals surface area contributed by atoms with Gasteiger partial charge >= 0.3 is 7.12 Å². The number of benzene rings is 2. The second-order valence-electron chi connectivity index (χ2n) is 4.03. The third-order valence-electron chi connectivity index (χ3n) is 2.92. The molecule has 5 heteroatoms. The van der Waals surface area contributed by atoms with Gasteiger partial charge in [0.2, 0.25) is 6.79 Å². The molecule has 0 saturated carbocycles. The van der Waals surface area contributed by atoms with Gasteiger partial charge in [0.1, 0.15) is 0 Å². The Bertz CT molecular complexity index is 583. The highest BCUT2D eigenvalue weighted by atomic mass is 16.7. The van der Waals surface area contributed by atoms with Gasteiger partial charge in [0.15, 0.2) is 11.5 Å². The molecule has 1 aliphatic heterocycles. The highest BCUT2D eigenvalue weighted by molar-refractivity contribution is 6.60. The van der Waals surface area contributed by atoms with Gasteiger partial charge in [-0.3, -0.25) is 0 Å². The Morgan fingerprint density at radius 2 is 1.72 bits per heavy atom. The van der Waals surface area contributed by atoms with Crippen molar-refractivity contribution < 1.29 is 19.5 Å². The van der Waals surface area contributed by atoms with Crippen molar-refractivity contribution in [1.82, 2.24) is 0 Å². The molecule has 0 saturated heterocycles. The van der Waals surface area contributed by atoms with E-state index >= 15 is 0 Å². The highest BCUT2D eigenvalue weighted by Gasteiger charge is 2.19. The summed E-state index contributed by atoms with van der Waals surface area (Å²) in [7, 11) is -1.49. The number of hydrogen-bond donors (Lipinski definition) is 2. The Labute approximate surface area is 105 Å². The van der Waals surface area contributed by atoms with Crippen molar-refractivity contribution in [3.05, 3.63) is 42.5 Å². The second-order valence-corrected chi connectivity index (χ2v) is 4.03. The molecule has 90 valence electrons. The van der Waals surface area contributed by atoms with Crippen LogP contribution >= 0.6 is 0 Å². The lowest BCUT2D eigenvalue weighted by molar-refractivity contribution is 0.174. The molecule has 0 unspecified atom stereocenters. The predicted molar refractivity (Wildman–Crippen MR) is 67.8 cm³/mol.